The number of rotatable bonds is 3. The first-order chi connectivity index (χ1) is 5.84. The van der Waals surface area contributed by atoms with Crippen LogP contribution in [-0.4, -0.2) is 0 Å². The van der Waals surface area contributed by atoms with E-state index in [1.807, 2.05) is 30.3 Å². The fourth-order valence-electron chi connectivity index (χ4n) is 1.02. The Labute approximate surface area is 73.0 Å². The highest BCUT2D eigenvalue weighted by molar-refractivity contribution is 5.63. The summed E-state index contributed by atoms with van der Waals surface area (Å²) >= 11 is 0. The molecule has 0 fully saturated rings. The molecule has 0 bridgehead atoms. The van der Waals surface area contributed by atoms with Gasteiger partial charge in [-0.2, -0.15) is 5.26 Å². The Bertz CT molecular complexity index is 293. The van der Waals surface area contributed by atoms with Crippen molar-refractivity contribution < 1.29 is 0 Å². The van der Waals surface area contributed by atoms with Gasteiger partial charge in [0.05, 0.1) is 6.07 Å². The van der Waals surface area contributed by atoms with Gasteiger partial charge in [-0.05, 0) is 17.6 Å². The molecule has 1 aromatic carbocycles. The summed E-state index contributed by atoms with van der Waals surface area (Å²) in [5, 5.41) is 8.37. The van der Waals surface area contributed by atoms with Gasteiger partial charge >= 0.3 is 0 Å². The summed E-state index contributed by atoms with van der Waals surface area (Å²) in [7, 11) is 0. The highest BCUT2D eigenvalue weighted by Gasteiger charge is 1.95. The molecule has 0 heterocycles. The highest BCUT2D eigenvalue weighted by atomic mass is 14.2. The van der Waals surface area contributed by atoms with Crippen LogP contribution in [0.4, 0.5) is 0 Å². The summed E-state index contributed by atoms with van der Waals surface area (Å²) in [6.07, 6.45) is 1.31. The van der Waals surface area contributed by atoms with Crippen LogP contribution in [0.2, 0.25) is 0 Å². The van der Waals surface area contributed by atoms with Crippen LogP contribution in [0.5, 0.6) is 0 Å². The van der Waals surface area contributed by atoms with Crippen molar-refractivity contribution in [2.75, 3.05) is 0 Å². The topological polar surface area (TPSA) is 23.8 Å². The van der Waals surface area contributed by atoms with Crippen molar-refractivity contribution in [1.82, 2.24) is 0 Å². The molecule has 1 nitrogen and oxygen atoms in total. The molecule has 0 aromatic heterocycles. The van der Waals surface area contributed by atoms with E-state index in [1.54, 1.807) is 0 Å². The zero-order chi connectivity index (χ0) is 8.81. The van der Waals surface area contributed by atoms with Gasteiger partial charge < -0.3 is 0 Å². The molecule has 0 unspecified atom stereocenters. The molecule has 0 amide bonds. The zero-order valence-electron chi connectivity index (χ0n) is 6.96. The summed E-state index contributed by atoms with van der Waals surface area (Å²) in [6.45, 7) is 3.91. The summed E-state index contributed by atoms with van der Waals surface area (Å²) in [4.78, 5) is 0. The number of benzene rings is 1. The molecule has 1 aromatic rings. The van der Waals surface area contributed by atoms with Gasteiger partial charge in [0.1, 0.15) is 0 Å². The first kappa shape index (κ1) is 8.55. The van der Waals surface area contributed by atoms with Crippen LogP contribution in [0.15, 0.2) is 36.9 Å². The Balaban J connectivity index is 2.61. The van der Waals surface area contributed by atoms with Gasteiger partial charge in [-0.3, -0.25) is 0 Å². The average Bonchev–Trinajstić information content (AvgIpc) is 2.15. The molecular formula is C11H11N. The van der Waals surface area contributed by atoms with Gasteiger partial charge in [0.15, 0.2) is 0 Å². The maximum absolute atomic E-state index is 8.37. The quantitative estimate of drug-likeness (QED) is 0.661. The maximum atomic E-state index is 8.37. The van der Waals surface area contributed by atoms with Crippen molar-refractivity contribution in [1.29, 1.82) is 5.26 Å². The number of allylic oxidation sites excluding steroid dienone is 1. The van der Waals surface area contributed by atoms with E-state index >= 15 is 0 Å². The second-order valence-electron chi connectivity index (χ2n) is 2.63. The van der Waals surface area contributed by atoms with Crippen molar-refractivity contribution in [3.8, 4) is 6.07 Å². The van der Waals surface area contributed by atoms with Crippen LogP contribution in [0.25, 0.3) is 5.57 Å². The summed E-state index contributed by atoms with van der Waals surface area (Å²) in [6, 6.07) is 12.1. The standard InChI is InChI=1S/C11H11N/c1-10(6-5-9-12)11-7-3-2-4-8-11/h2-4,7-8H,1,5-6H2. The monoisotopic (exact) mass is 157 g/mol. The normalized spacial score (nSPS) is 8.92. The first-order valence-electron chi connectivity index (χ1n) is 3.94. The van der Waals surface area contributed by atoms with E-state index in [-0.39, 0.29) is 0 Å². The second kappa shape index (κ2) is 4.35. The maximum Gasteiger partial charge on any atom is 0.0625 e. The van der Waals surface area contributed by atoms with Crippen LogP contribution in [-0.2, 0) is 0 Å². The van der Waals surface area contributed by atoms with Crippen molar-refractivity contribution >= 4 is 5.57 Å². The average molecular weight is 157 g/mol. The molecule has 0 aliphatic carbocycles. The van der Waals surface area contributed by atoms with Crippen LogP contribution in [0.1, 0.15) is 18.4 Å². The smallest absolute Gasteiger partial charge is 0.0625 e. The lowest BCUT2D eigenvalue weighted by molar-refractivity contribution is 1.08. The molecule has 12 heavy (non-hydrogen) atoms. The fourth-order valence-corrected chi connectivity index (χ4v) is 1.02. The molecule has 60 valence electrons. The van der Waals surface area contributed by atoms with Crippen LogP contribution >= 0.6 is 0 Å². The molecule has 0 radical (unpaired) electrons. The van der Waals surface area contributed by atoms with E-state index in [4.69, 9.17) is 5.26 Å². The van der Waals surface area contributed by atoms with E-state index in [1.165, 1.54) is 0 Å². The lowest BCUT2D eigenvalue weighted by Gasteiger charge is -2.01. The molecule has 0 atom stereocenters. The Morgan fingerprint density at radius 1 is 1.33 bits per heavy atom. The van der Waals surface area contributed by atoms with E-state index in [0.717, 1.165) is 17.6 Å². The number of hydrogen-bond acceptors (Lipinski definition) is 1. The third-order valence-corrected chi connectivity index (χ3v) is 1.72. The number of nitrogens with zero attached hydrogens (tertiary/aromatic N) is 1. The van der Waals surface area contributed by atoms with Crippen molar-refractivity contribution in [2.24, 2.45) is 0 Å². The van der Waals surface area contributed by atoms with Gasteiger partial charge in [-0.1, -0.05) is 36.9 Å². The predicted octanol–water partition coefficient (Wildman–Crippen LogP) is 3.00. The number of nitriles is 1. The van der Waals surface area contributed by atoms with E-state index in [2.05, 4.69) is 12.6 Å². The molecule has 1 rings (SSSR count). The van der Waals surface area contributed by atoms with Gasteiger partial charge in [0, 0.05) is 6.42 Å². The van der Waals surface area contributed by atoms with Crippen molar-refractivity contribution in [3.63, 3.8) is 0 Å². The van der Waals surface area contributed by atoms with Crippen molar-refractivity contribution in [3.05, 3.63) is 42.5 Å². The summed E-state index contributed by atoms with van der Waals surface area (Å²) < 4.78 is 0. The molecule has 0 spiro atoms. The molecule has 0 saturated heterocycles. The van der Waals surface area contributed by atoms with E-state index in [9.17, 15) is 0 Å². The Hall–Kier alpha value is -1.55. The highest BCUT2D eigenvalue weighted by Crippen LogP contribution is 2.16. The predicted molar refractivity (Wildman–Crippen MR) is 50.3 cm³/mol. The molecule has 1 heteroatoms. The van der Waals surface area contributed by atoms with E-state index in [0.29, 0.717) is 6.42 Å². The molecule has 0 saturated carbocycles. The fraction of sp³-hybridized carbons (Fsp3) is 0.182. The van der Waals surface area contributed by atoms with Gasteiger partial charge in [-0.25, -0.2) is 0 Å². The second-order valence-corrected chi connectivity index (χ2v) is 2.63. The molecule has 0 aliphatic heterocycles. The third kappa shape index (κ3) is 2.25. The SMILES string of the molecule is C=C(CCC#N)c1ccccc1. The third-order valence-electron chi connectivity index (χ3n) is 1.72. The van der Waals surface area contributed by atoms with Crippen molar-refractivity contribution in [2.45, 2.75) is 12.8 Å². The minimum Gasteiger partial charge on any atom is -0.198 e. The molecular weight excluding hydrogens is 146 g/mol. The largest absolute Gasteiger partial charge is 0.198 e. The molecule has 0 aliphatic rings. The first-order valence-corrected chi connectivity index (χ1v) is 3.94. The minimum atomic E-state index is 0.549. The van der Waals surface area contributed by atoms with Crippen LogP contribution in [0, 0.1) is 11.3 Å². The van der Waals surface area contributed by atoms with Gasteiger partial charge in [-0.15, -0.1) is 0 Å². The lowest BCUT2D eigenvalue weighted by atomic mass is 10.0. The Morgan fingerprint density at radius 3 is 2.58 bits per heavy atom. The van der Waals surface area contributed by atoms with Gasteiger partial charge in [0.2, 0.25) is 0 Å². The van der Waals surface area contributed by atoms with E-state index < -0.39 is 0 Å². The Kier molecular flexibility index (Phi) is 3.10. The Morgan fingerprint density at radius 2 is 2.00 bits per heavy atom. The van der Waals surface area contributed by atoms with Gasteiger partial charge in [0.25, 0.3) is 0 Å². The lowest BCUT2D eigenvalue weighted by Crippen LogP contribution is -1.80. The molecule has 0 N–H and O–H groups in total. The number of hydrogen-bond donors (Lipinski definition) is 0. The summed E-state index contributed by atoms with van der Waals surface area (Å²) in [5.41, 5.74) is 2.17. The minimum absolute atomic E-state index is 0.549. The van der Waals surface area contributed by atoms with Crippen LogP contribution < -0.4 is 0 Å². The zero-order valence-corrected chi connectivity index (χ0v) is 6.96. The van der Waals surface area contributed by atoms with Crippen LogP contribution in [0.3, 0.4) is 0 Å². The summed E-state index contributed by atoms with van der Waals surface area (Å²) in [5.74, 6) is 0.